The average molecular weight is 535 g/mol. The van der Waals surface area contributed by atoms with Crippen LogP contribution in [0.4, 0.5) is 37.8 Å². The Bertz CT molecular complexity index is 1480. The lowest BCUT2D eigenvalue weighted by Crippen LogP contribution is -2.37. The van der Waals surface area contributed by atoms with Gasteiger partial charge >= 0.3 is 12.5 Å². The number of benzene rings is 1. The number of ether oxygens (including phenoxy) is 1. The number of fused-ring (bicyclic) bond motifs is 1. The molecule has 7 nitrogen and oxygen atoms in total. The van der Waals surface area contributed by atoms with Crippen molar-refractivity contribution in [2.24, 2.45) is 0 Å². The first-order chi connectivity index (χ1) is 18.0. The maximum Gasteiger partial charge on any atom is 0.573 e. The van der Waals surface area contributed by atoms with Crippen LogP contribution in [0.15, 0.2) is 60.9 Å². The molecule has 1 amide bonds. The zero-order chi connectivity index (χ0) is 27.1. The summed E-state index contributed by atoms with van der Waals surface area (Å²) in [6.07, 6.45) is -6.38. The number of hydrogen-bond donors (Lipinski definition) is 1. The van der Waals surface area contributed by atoms with Crippen LogP contribution in [0.2, 0.25) is 0 Å². The molecule has 5 rings (SSSR count). The number of amides is 1. The van der Waals surface area contributed by atoms with Crippen LogP contribution in [0.5, 0.6) is 5.75 Å². The van der Waals surface area contributed by atoms with Crippen molar-refractivity contribution in [1.29, 1.82) is 0 Å². The van der Waals surface area contributed by atoms with Gasteiger partial charge in [0.25, 0.3) is 5.91 Å². The molecular weight excluding hydrogens is 516 g/mol. The smallest absolute Gasteiger partial charge is 0.406 e. The van der Waals surface area contributed by atoms with Crippen molar-refractivity contribution in [2.45, 2.75) is 25.5 Å². The molecule has 0 bridgehead atoms. The monoisotopic (exact) mass is 535 g/mol. The van der Waals surface area contributed by atoms with E-state index in [1.54, 1.807) is 12.1 Å². The Morgan fingerprint density at radius 3 is 2.39 bits per heavy atom. The number of rotatable bonds is 6. The topological polar surface area (TPSA) is 72.3 Å². The number of alkyl halides is 6. The molecule has 13 heteroatoms. The van der Waals surface area contributed by atoms with Gasteiger partial charge in [0.15, 0.2) is 0 Å². The van der Waals surface area contributed by atoms with Gasteiger partial charge in [0.2, 0.25) is 0 Å². The Labute approximate surface area is 211 Å². The molecule has 0 unspecified atom stereocenters. The number of anilines is 2. The highest BCUT2D eigenvalue weighted by Crippen LogP contribution is 2.32. The predicted molar refractivity (Wildman–Crippen MR) is 126 cm³/mol. The Balaban J connectivity index is 1.48. The molecule has 0 saturated carbocycles. The van der Waals surface area contributed by atoms with E-state index in [1.807, 2.05) is 0 Å². The molecule has 1 N–H and O–H groups in total. The third-order valence-corrected chi connectivity index (χ3v) is 5.95. The van der Waals surface area contributed by atoms with Crippen molar-refractivity contribution in [3.8, 4) is 5.75 Å². The van der Waals surface area contributed by atoms with Crippen molar-refractivity contribution >= 4 is 28.4 Å². The van der Waals surface area contributed by atoms with Crippen LogP contribution in [0.3, 0.4) is 0 Å². The van der Waals surface area contributed by atoms with E-state index in [2.05, 4.69) is 24.9 Å². The summed E-state index contributed by atoms with van der Waals surface area (Å²) in [5.74, 6) is -0.371. The van der Waals surface area contributed by atoms with Gasteiger partial charge in [-0.2, -0.15) is 13.2 Å². The third-order valence-electron chi connectivity index (χ3n) is 5.95. The zero-order valence-corrected chi connectivity index (χ0v) is 19.5. The van der Waals surface area contributed by atoms with Gasteiger partial charge in [-0.1, -0.05) is 12.1 Å². The van der Waals surface area contributed by atoms with E-state index in [-0.39, 0.29) is 23.3 Å². The van der Waals surface area contributed by atoms with Gasteiger partial charge in [-0.3, -0.25) is 4.79 Å². The lowest BCUT2D eigenvalue weighted by atomic mass is 10.2. The fourth-order valence-corrected chi connectivity index (χ4v) is 4.06. The van der Waals surface area contributed by atoms with Gasteiger partial charge in [0.05, 0.1) is 17.4 Å². The quantitative estimate of drug-likeness (QED) is 0.313. The van der Waals surface area contributed by atoms with Crippen molar-refractivity contribution in [2.75, 3.05) is 23.3 Å². The molecule has 0 spiro atoms. The first kappa shape index (κ1) is 25.4. The number of carbonyl (C=O) groups is 1. The van der Waals surface area contributed by atoms with Crippen LogP contribution >= 0.6 is 0 Å². The Kier molecular flexibility index (Phi) is 6.37. The van der Waals surface area contributed by atoms with E-state index in [0.717, 1.165) is 43.5 Å². The van der Waals surface area contributed by atoms with Crippen LogP contribution < -0.4 is 15.0 Å². The summed E-state index contributed by atoms with van der Waals surface area (Å²) in [5, 5.41) is 2.71. The average Bonchev–Trinajstić information content (AvgIpc) is 3.15. The fraction of sp³-hybridized carbons (Fsp3) is 0.240. The second kappa shape index (κ2) is 9.54. The standard InChI is InChI=1S/C25H19F6N5O2/c26-24(27,28)17-10-16-11-20(23(37)34-18-5-6-21(32-13-18)35-7-2-8-35)36(22(16)33-12-17)14-15-3-1-4-19(9-15)38-25(29,30)31/h1,3-6,9-13H,2,7-8,14H2,(H,34,37). The van der Waals surface area contributed by atoms with Crippen LogP contribution in [-0.4, -0.2) is 39.9 Å². The summed E-state index contributed by atoms with van der Waals surface area (Å²) >= 11 is 0. The summed E-state index contributed by atoms with van der Waals surface area (Å²) in [7, 11) is 0. The van der Waals surface area contributed by atoms with Crippen LogP contribution in [0.1, 0.15) is 28.0 Å². The van der Waals surface area contributed by atoms with Gasteiger partial charge in [-0.05, 0) is 48.4 Å². The summed E-state index contributed by atoms with van der Waals surface area (Å²) in [4.78, 5) is 23.5. The summed E-state index contributed by atoms with van der Waals surface area (Å²) < 4.78 is 83.1. The molecule has 0 radical (unpaired) electrons. The molecule has 4 aromatic rings. The molecule has 1 aromatic carbocycles. The number of halogens is 6. The third kappa shape index (κ3) is 5.50. The predicted octanol–water partition coefficient (Wildman–Crippen LogP) is 5.86. The lowest BCUT2D eigenvalue weighted by molar-refractivity contribution is -0.274. The first-order valence-corrected chi connectivity index (χ1v) is 11.4. The maximum atomic E-state index is 13.3. The van der Waals surface area contributed by atoms with Crippen molar-refractivity contribution < 1.29 is 35.9 Å². The number of nitrogens with one attached hydrogen (secondary N) is 1. The largest absolute Gasteiger partial charge is 0.573 e. The normalized spacial score (nSPS) is 13.9. The molecule has 1 fully saturated rings. The SMILES string of the molecule is O=C(Nc1ccc(N2CCC2)nc1)c1cc2cc(C(F)(F)F)cnc2n1Cc1cccc(OC(F)(F)F)c1. The van der Waals surface area contributed by atoms with Crippen LogP contribution in [-0.2, 0) is 12.7 Å². The van der Waals surface area contributed by atoms with E-state index in [0.29, 0.717) is 17.4 Å². The van der Waals surface area contributed by atoms with E-state index in [4.69, 9.17) is 0 Å². The Morgan fingerprint density at radius 1 is 0.974 bits per heavy atom. The molecule has 38 heavy (non-hydrogen) atoms. The molecule has 0 aliphatic carbocycles. The number of nitrogens with zero attached hydrogens (tertiary/aromatic N) is 4. The van der Waals surface area contributed by atoms with Crippen molar-refractivity contribution in [3.63, 3.8) is 0 Å². The minimum absolute atomic E-state index is 0.0407. The molecular formula is C25H19F6N5O2. The van der Waals surface area contributed by atoms with Crippen molar-refractivity contribution in [1.82, 2.24) is 14.5 Å². The number of pyridine rings is 2. The minimum atomic E-state index is -4.90. The van der Waals surface area contributed by atoms with E-state index in [9.17, 15) is 31.1 Å². The molecule has 4 heterocycles. The van der Waals surface area contributed by atoms with E-state index >= 15 is 0 Å². The maximum absolute atomic E-state index is 13.3. The van der Waals surface area contributed by atoms with Gasteiger partial charge in [0.1, 0.15) is 22.9 Å². The second-order valence-corrected chi connectivity index (χ2v) is 8.65. The van der Waals surface area contributed by atoms with Crippen LogP contribution in [0, 0.1) is 0 Å². The highest BCUT2D eigenvalue weighted by molar-refractivity contribution is 6.06. The molecule has 1 saturated heterocycles. The molecule has 0 atom stereocenters. The van der Waals surface area contributed by atoms with E-state index in [1.165, 1.54) is 29.0 Å². The van der Waals surface area contributed by atoms with Crippen LogP contribution in [0.25, 0.3) is 11.0 Å². The van der Waals surface area contributed by atoms with Crippen molar-refractivity contribution in [3.05, 3.63) is 77.7 Å². The van der Waals surface area contributed by atoms with Gasteiger partial charge in [0, 0.05) is 31.2 Å². The highest BCUT2D eigenvalue weighted by Gasteiger charge is 2.32. The molecule has 1 aliphatic rings. The summed E-state index contributed by atoms with van der Waals surface area (Å²) in [6.45, 7) is 1.62. The Morgan fingerprint density at radius 2 is 1.76 bits per heavy atom. The minimum Gasteiger partial charge on any atom is -0.406 e. The fourth-order valence-electron chi connectivity index (χ4n) is 4.06. The number of carbonyl (C=O) groups excluding carboxylic acids is 1. The molecule has 3 aromatic heterocycles. The van der Waals surface area contributed by atoms with Gasteiger partial charge in [-0.25, -0.2) is 9.97 Å². The Hall–Kier alpha value is -4.29. The van der Waals surface area contributed by atoms with E-state index < -0.39 is 29.8 Å². The summed E-state index contributed by atoms with van der Waals surface area (Å²) in [6, 6.07) is 10.6. The second-order valence-electron chi connectivity index (χ2n) is 8.65. The lowest BCUT2D eigenvalue weighted by Gasteiger charge is -2.31. The highest BCUT2D eigenvalue weighted by atomic mass is 19.4. The van der Waals surface area contributed by atoms with Gasteiger partial charge in [-0.15, -0.1) is 13.2 Å². The molecule has 1 aliphatic heterocycles. The van der Waals surface area contributed by atoms with Gasteiger partial charge < -0.3 is 19.5 Å². The number of aromatic nitrogens is 3. The zero-order valence-electron chi connectivity index (χ0n) is 19.5. The number of hydrogen-bond acceptors (Lipinski definition) is 5. The molecule has 198 valence electrons. The first-order valence-electron chi connectivity index (χ1n) is 11.4. The summed E-state index contributed by atoms with van der Waals surface area (Å²) in [5.41, 5.74) is -0.320.